The van der Waals surface area contributed by atoms with Gasteiger partial charge in [0.2, 0.25) is 0 Å². The van der Waals surface area contributed by atoms with Crippen LogP contribution in [0.2, 0.25) is 0 Å². The SMILES string of the molecule is CNC(C)CCOC(C)=O. The predicted molar refractivity (Wildman–Crippen MR) is 39.8 cm³/mol. The topological polar surface area (TPSA) is 38.3 Å². The molecule has 0 aliphatic rings. The number of hydrogen-bond acceptors (Lipinski definition) is 3. The molecule has 1 atom stereocenters. The standard InChI is InChI=1S/C7H15NO2/c1-6(8-3)4-5-10-7(2)9/h6,8H,4-5H2,1-3H3. The Bertz CT molecular complexity index is 104. The fourth-order valence-corrected chi connectivity index (χ4v) is 0.524. The number of nitrogens with one attached hydrogen (secondary N) is 1. The molecule has 0 aliphatic carbocycles. The van der Waals surface area contributed by atoms with Gasteiger partial charge in [-0.05, 0) is 20.4 Å². The van der Waals surface area contributed by atoms with E-state index >= 15 is 0 Å². The minimum absolute atomic E-state index is 0.205. The van der Waals surface area contributed by atoms with Crippen molar-refractivity contribution < 1.29 is 9.53 Å². The summed E-state index contributed by atoms with van der Waals surface area (Å²) < 4.78 is 4.74. The smallest absolute Gasteiger partial charge is 0.302 e. The molecule has 60 valence electrons. The zero-order valence-corrected chi connectivity index (χ0v) is 6.81. The highest BCUT2D eigenvalue weighted by atomic mass is 16.5. The van der Waals surface area contributed by atoms with Gasteiger partial charge in [-0.25, -0.2) is 0 Å². The van der Waals surface area contributed by atoms with Crippen LogP contribution in [0.5, 0.6) is 0 Å². The Balaban J connectivity index is 3.11. The average molecular weight is 145 g/mol. The molecule has 0 aromatic heterocycles. The summed E-state index contributed by atoms with van der Waals surface area (Å²) in [7, 11) is 1.89. The lowest BCUT2D eigenvalue weighted by molar-refractivity contribution is -0.141. The fraction of sp³-hybridized carbons (Fsp3) is 0.857. The molecule has 0 aliphatic heterocycles. The molecule has 0 aromatic carbocycles. The van der Waals surface area contributed by atoms with Crippen LogP contribution < -0.4 is 5.32 Å². The van der Waals surface area contributed by atoms with Crippen LogP contribution >= 0.6 is 0 Å². The van der Waals surface area contributed by atoms with Gasteiger partial charge in [0.25, 0.3) is 0 Å². The molecule has 1 unspecified atom stereocenters. The second-order valence-electron chi connectivity index (χ2n) is 2.32. The lowest BCUT2D eigenvalue weighted by Crippen LogP contribution is -2.23. The molecule has 10 heavy (non-hydrogen) atoms. The quantitative estimate of drug-likeness (QED) is 0.587. The Morgan fingerprint density at radius 3 is 2.70 bits per heavy atom. The highest BCUT2D eigenvalue weighted by Crippen LogP contribution is 1.89. The Labute approximate surface area is 61.8 Å². The number of rotatable bonds is 4. The molecule has 0 saturated carbocycles. The van der Waals surface area contributed by atoms with Crippen molar-refractivity contribution in [2.75, 3.05) is 13.7 Å². The van der Waals surface area contributed by atoms with E-state index in [2.05, 4.69) is 5.32 Å². The van der Waals surface area contributed by atoms with Crippen molar-refractivity contribution in [3.63, 3.8) is 0 Å². The zero-order chi connectivity index (χ0) is 7.98. The van der Waals surface area contributed by atoms with Crippen molar-refractivity contribution in [1.82, 2.24) is 5.32 Å². The van der Waals surface area contributed by atoms with E-state index in [-0.39, 0.29) is 5.97 Å². The maximum atomic E-state index is 10.3. The van der Waals surface area contributed by atoms with Gasteiger partial charge < -0.3 is 10.1 Å². The maximum absolute atomic E-state index is 10.3. The number of ether oxygens (including phenoxy) is 1. The second-order valence-corrected chi connectivity index (χ2v) is 2.32. The van der Waals surface area contributed by atoms with Crippen LogP contribution in [0.4, 0.5) is 0 Å². The van der Waals surface area contributed by atoms with E-state index in [1.54, 1.807) is 0 Å². The van der Waals surface area contributed by atoms with Crippen LogP contribution in [0.25, 0.3) is 0 Å². The highest BCUT2D eigenvalue weighted by Gasteiger charge is 1.98. The molecule has 3 heteroatoms. The lowest BCUT2D eigenvalue weighted by Gasteiger charge is -2.08. The Morgan fingerprint density at radius 1 is 1.70 bits per heavy atom. The van der Waals surface area contributed by atoms with Crippen molar-refractivity contribution in [2.45, 2.75) is 26.3 Å². The van der Waals surface area contributed by atoms with E-state index in [0.29, 0.717) is 12.6 Å². The fourth-order valence-electron chi connectivity index (χ4n) is 0.524. The summed E-state index contributed by atoms with van der Waals surface area (Å²) in [5, 5.41) is 3.05. The van der Waals surface area contributed by atoms with Gasteiger partial charge in [-0.3, -0.25) is 4.79 Å². The lowest BCUT2D eigenvalue weighted by atomic mass is 10.2. The van der Waals surface area contributed by atoms with Crippen molar-refractivity contribution in [1.29, 1.82) is 0 Å². The van der Waals surface area contributed by atoms with Gasteiger partial charge in [0.1, 0.15) is 0 Å². The molecular weight excluding hydrogens is 130 g/mol. The van der Waals surface area contributed by atoms with E-state index in [4.69, 9.17) is 4.74 Å². The molecule has 0 radical (unpaired) electrons. The zero-order valence-electron chi connectivity index (χ0n) is 6.81. The minimum atomic E-state index is -0.205. The van der Waals surface area contributed by atoms with E-state index in [1.165, 1.54) is 6.92 Å². The van der Waals surface area contributed by atoms with Crippen molar-refractivity contribution >= 4 is 5.97 Å². The normalized spacial score (nSPS) is 12.7. The van der Waals surface area contributed by atoms with Gasteiger partial charge in [0.05, 0.1) is 6.61 Å². The van der Waals surface area contributed by atoms with Crippen molar-refractivity contribution in [2.24, 2.45) is 0 Å². The number of esters is 1. The first kappa shape index (κ1) is 9.43. The monoisotopic (exact) mass is 145 g/mol. The Morgan fingerprint density at radius 2 is 2.30 bits per heavy atom. The molecule has 0 rings (SSSR count). The van der Waals surface area contributed by atoms with Gasteiger partial charge in [-0.1, -0.05) is 0 Å². The molecule has 0 fully saturated rings. The molecule has 1 N–H and O–H groups in total. The Kier molecular flexibility index (Phi) is 4.94. The van der Waals surface area contributed by atoms with Crippen LogP contribution in [0, 0.1) is 0 Å². The summed E-state index contributed by atoms with van der Waals surface area (Å²) in [6.45, 7) is 3.98. The summed E-state index contributed by atoms with van der Waals surface area (Å²) in [6, 6.07) is 0.416. The highest BCUT2D eigenvalue weighted by molar-refractivity contribution is 5.65. The maximum Gasteiger partial charge on any atom is 0.302 e. The largest absolute Gasteiger partial charge is 0.466 e. The minimum Gasteiger partial charge on any atom is -0.466 e. The first-order valence-corrected chi connectivity index (χ1v) is 3.47. The summed E-state index contributed by atoms with van der Waals surface area (Å²) in [5.74, 6) is -0.205. The third-order valence-electron chi connectivity index (χ3n) is 1.35. The number of carbonyl (C=O) groups excluding carboxylic acids is 1. The summed E-state index contributed by atoms with van der Waals surface area (Å²) in [5.41, 5.74) is 0. The van der Waals surface area contributed by atoms with E-state index in [9.17, 15) is 4.79 Å². The molecule has 0 bridgehead atoms. The van der Waals surface area contributed by atoms with Crippen molar-refractivity contribution in [3.05, 3.63) is 0 Å². The van der Waals surface area contributed by atoms with Gasteiger partial charge in [0, 0.05) is 13.0 Å². The third kappa shape index (κ3) is 5.56. The van der Waals surface area contributed by atoms with Crippen molar-refractivity contribution in [3.8, 4) is 0 Å². The van der Waals surface area contributed by atoms with Crippen LogP contribution in [0.3, 0.4) is 0 Å². The molecule has 0 amide bonds. The average Bonchev–Trinajstić information content (AvgIpc) is 1.87. The van der Waals surface area contributed by atoms with Gasteiger partial charge in [-0.15, -0.1) is 0 Å². The van der Waals surface area contributed by atoms with E-state index in [0.717, 1.165) is 6.42 Å². The first-order valence-electron chi connectivity index (χ1n) is 3.47. The molecule has 0 spiro atoms. The van der Waals surface area contributed by atoms with Gasteiger partial charge in [0.15, 0.2) is 0 Å². The van der Waals surface area contributed by atoms with Crippen LogP contribution in [0.15, 0.2) is 0 Å². The summed E-state index contributed by atoms with van der Waals surface area (Å²) >= 11 is 0. The molecule has 0 saturated heterocycles. The van der Waals surface area contributed by atoms with Crippen LogP contribution in [0.1, 0.15) is 20.3 Å². The van der Waals surface area contributed by atoms with E-state index in [1.807, 2.05) is 14.0 Å². The molecular formula is C7H15NO2. The number of hydrogen-bond donors (Lipinski definition) is 1. The summed E-state index contributed by atoms with van der Waals surface area (Å²) in [4.78, 5) is 10.3. The first-order chi connectivity index (χ1) is 4.66. The Hall–Kier alpha value is -0.570. The summed E-state index contributed by atoms with van der Waals surface area (Å²) in [6.07, 6.45) is 0.871. The predicted octanol–water partition coefficient (Wildman–Crippen LogP) is 0.547. The van der Waals surface area contributed by atoms with Gasteiger partial charge >= 0.3 is 5.97 Å². The molecule has 3 nitrogen and oxygen atoms in total. The van der Waals surface area contributed by atoms with Crippen LogP contribution in [-0.4, -0.2) is 25.7 Å². The van der Waals surface area contributed by atoms with E-state index < -0.39 is 0 Å². The van der Waals surface area contributed by atoms with Gasteiger partial charge in [-0.2, -0.15) is 0 Å². The molecule has 0 aromatic rings. The third-order valence-corrected chi connectivity index (χ3v) is 1.35. The second kappa shape index (κ2) is 5.23. The van der Waals surface area contributed by atoms with Crippen LogP contribution in [-0.2, 0) is 9.53 Å². The number of carbonyl (C=O) groups is 1. The molecule has 0 heterocycles.